The zero-order valence-electron chi connectivity index (χ0n) is 19.0. The number of benzene rings is 3. The number of nitrogens with one attached hydrogen (secondary N) is 1. The molecule has 0 unspecified atom stereocenters. The number of rotatable bonds is 9. The van der Waals surface area contributed by atoms with E-state index < -0.39 is 6.04 Å². The van der Waals surface area contributed by atoms with Gasteiger partial charge in [-0.1, -0.05) is 67.6 Å². The van der Waals surface area contributed by atoms with E-state index in [-0.39, 0.29) is 36.6 Å². The standard InChI is InChI=1S/C27H31FN2O2/c1-4-19(2)29-27(32)20(3)30(18-23-11-6-8-15-25(23)28)26(31)17-16-22-13-9-12-21-10-5-7-14-24(21)22/h5-15,19-20H,4,16-18H2,1-3H3,(H,29,32)/t19-,20-/m1/s1. The number of nitrogens with zero attached hydrogens (tertiary/aromatic N) is 1. The van der Waals surface area contributed by atoms with E-state index in [0.717, 1.165) is 22.8 Å². The lowest BCUT2D eigenvalue weighted by Gasteiger charge is -2.30. The van der Waals surface area contributed by atoms with Crippen LogP contribution in [0.15, 0.2) is 66.7 Å². The van der Waals surface area contributed by atoms with Gasteiger partial charge in [0, 0.05) is 24.6 Å². The second-order valence-electron chi connectivity index (χ2n) is 8.25. The summed E-state index contributed by atoms with van der Waals surface area (Å²) in [7, 11) is 0. The van der Waals surface area contributed by atoms with Gasteiger partial charge < -0.3 is 10.2 Å². The molecule has 3 aromatic carbocycles. The molecule has 0 radical (unpaired) electrons. The lowest BCUT2D eigenvalue weighted by molar-refractivity contribution is -0.140. The molecule has 0 saturated carbocycles. The quantitative estimate of drug-likeness (QED) is 0.500. The summed E-state index contributed by atoms with van der Waals surface area (Å²) in [4.78, 5) is 27.6. The minimum Gasteiger partial charge on any atom is -0.352 e. The second kappa shape index (κ2) is 10.9. The molecule has 5 heteroatoms. The first-order valence-electron chi connectivity index (χ1n) is 11.2. The maximum atomic E-state index is 14.3. The van der Waals surface area contributed by atoms with Gasteiger partial charge in [0.2, 0.25) is 11.8 Å². The minimum absolute atomic E-state index is 0.00560. The second-order valence-corrected chi connectivity index (χ2v) is 8.25. The van der Waals surface area contributed by atoms with Crippen LogP contribution in [0.3, 0.4) is 0 Å². The molecule has 1 N–H and O–H groups in total. The van der Waals surface area contributed by atoms with Crippen LogP contribution in [0, 0.1) is 5.82 Å². The molecular weight excluding hydrogens is 403 g/mol. The summed E-state index contributed by atoms with van der Waals surface area (Å²) in [6, 6.07) is 19.8. The molecule has 0 aliphatic carbocycles. The molecule has 32 heavy (non-hydrogen) atoms. The highest BCUT2D eigenvalue weighted by Gasteiger charge is 2.27. The Morgan fingerprint density at radius 1 is 0.938 bits per heavy atom. The predicted octanol–water partition coefficient (Wildman–Crippen LogP) is 5.24. The summed E-state index contributed by atoms with van der Waals surface area (Å²) in [6.45, 7) is 5.67. The fourth-order valence-electron chi connectivity index (χ4n) is 3.75. The molecule has 168 valence electrons. The van der Waals surface area contributed by atoms with Gasteiger partial charge in [-0.2, -0.15) is 0 Å². The van der Waals surface area contributed by atoms with Gasteiger partial charge in [0.15, 0.2) is 0 Å². The first kappa shape index (κ1) is 23.5. The van der Waals surface area contributed by atoms with E-state index in [0.29, 0.717) is 12.0 Å². The number of amides is 2. The Labute approximate surface area is 189 Å². The molecule has 3 aromatic rings. The van der Waals surface area contributed by atoms with E-state index in [4.69, 9.17) is 0 Å². The lowest BCUT2D eigenvalue weighted by Crippen LogP contribution is -2.49. The van der Waals surface area contributed by atoms with Crippen LogP contribution in [-0.4, -0.2) is 28.8 Å². The van der Waals surface area contributed by atoms with Crippen molar-refractivity contribution in [1.29, 1.82) is 0 Å². The van der Waals surface area contributed by atoms with Crippen LogP contribution in [0.4, 0.5) is 4.39 Å². The SMILES string of the molecule is CC[C@@H](C)NC(=O)[C@@H](C)N(Cc1ccccc1F)C(=O)CCc1cccc2ccccc12. The summed E-state index contributed by atoms with van der Waals surface area (Å²) in [5.41, 5.74) is 1.48. The van der Waals surface area contributed by atoms with Crippen molar-refractivity contribution in [1.82, 2.24) is 10.2 Å². The van der Waals surface area contributed by atoms with Crippen molar-refractivity contribution in [2.75, 3.05) is 0 Å². The molecule has 0 saturated heterocycles. The van der Waals surface area contributed by atoms with Crippen LogP contribution in [0.1, 0.15) is 44.7 Å². The van der Waals surface area contributed by atoms with Crippen LogP contribution in [0.2, 0.25) is 0 Å². The van der Waals surface area contributed by atoms with E-state index >= 15 is 0 Å². The van der Waals surface area contributed by atoms with Crippen molar-refractivity contribution in [3.8, 4) is 0 Å². The molecule has 0 bridgehead atoms. The van der Waals surface area contributed by atoms with Gasteiger partial charge in [-0.05, 0) is 49.1 Å². The average molecular weight is 435 g/mol. The summed E-state index contributed by atoms with van der Waals surface area (Å²) < 4.78 is 14.3. The van der Waals surface area contributed by atoms with Crippen LogP contribution in [0.5, 0.6) is 0 Å². The lowest BCUT2D eigenvalue weighted by atomic mass is 10.0. The maximum absolute atomic E-state index is 14.3. The molecule has 3 rings (SSSR count). The Morgan fingerprint density at radius 3 is 2.34 bits per heavy atom. The zero-order chi connectivity index (χ0) is 23.1. The first-order valence-corrected chi connectivity index (χ1v) is 11.2. The van der Waals surface area contributed by atoms with E-state index in [2.05, 4.69) is 11.4 Å². The molecule has 0 aromatic heterocycles. The van der Waals surface area contributed by atoms with Crippen LogP contribution < -0.4 is 5.32 Å². The van der Waals surface area contributed by atoms with Crippen molar-refractivity contribution in [2.45, 2.75) is 58.7 Å². The Balaban J connectivity index is 1.80. The number of aryl methyl sites for hydroxylation is 1. The third-order valence-corrected chi connectivity index (χ3v) is 5.95. The van der Waals surface area contributed by atoms with Gasteiger partial charge in [0.25, 0.3) is 0 Å². The molecular formula is C27H31FN2O2. The summed E-state index contributed by atoms with van der Waals surface area (Å²) in [5, 5.41) is 5.18. The van der Waals surface area contributed by atoms with E-state index in [1.54, 1.807) is 25.1 Å². The predicted molar refractivity (Wildman–Crippen MR) is 127 cm³/mol. The first-order chi connectivity index (χ1) is 15.4. The molecule has 0 spiro atoms. The Kier molecular flexibility index (Phi) is 7.98. The molecule has 2 atom stereocenters. The number of carbonyl (C=O) groups is 2. The third-order valence-electron chi connectivity index (χ3n) is 5.95. The van der Waals surface area contributed by atoms with Gasteiger partial charge in [0.05, 0.1) is 0 Å². The summed E-state index contributed by atoms with van der Waals surface area (Å²) >= 11 is 0. The number of carbonyl (C=O) groups excluding carboxylic acids is 2. The number of hydrogen-bond acceptors (Lipinski definition) is 2. The number of halogens is 1. The van der Waals surface area contributed by atoms with Gasteiger partial charge in [-0.3, -0.25) is 9.59 Å². The van der Waals surface area contributed by atoms with Crippen molar-refractivity contribution < 1.29 is 14.0 Å². The van der Waals surface area contributed by atoms with Gasteiger partial charge in [-0.25, -0.2) is 4.39 Å². The van der Waals surface area contributed by atoms with Crippen molar-refractivity contribution >= 4 is 22.6 Å². The van der Waals surface area contributed by atoms with Crippen LogP contribution in [0.25, 0.3) is 10.8 Å². The Bertz CT molecular complexity index is 1080. The average Bonchev–Trinajstić information content (AvgIpc) is 2.81. The number of fused-ring (bicyclic) bond motifs is 1. The van der Waals surface area contributed by atoms with Gasteiger partial charge >= 0.3 is 0 Å². The van der Waals surface area contributed by atoms with Crippen LogP contribution in [-0.2, 0) is 22.6 Å². The smallest absolute Gasteiger partial charge is 0.242 e. The highest BCUT2D eigenvalue weighted by molar-refractivity contribution is 5.89. The highest BCUT2D eigenvalue weighted by atomic mass is 19.1. The monoisotopic (exact) mass is 434 g/mol. The van der Waals surface area contributed by atoms with E-state index in [9.17, 15) is 14.0 Å². The normalized spacial score (nSPS) is 12.9. The molecule has 2 amide bonds. The topological polar surface area (TPSA) is 49.4 Å². The fourth-order valence-corrected chi connectivity index (χ4v) is 3.75. The van der Waals surface area contributed by atoms with E-state index in [1.165, 1.54) is 11.0 Å². The highest BCUT2D eigenvalue weighted by Crippen LogP contribution is 2.21. The fraction of sp³-hybridized carbons (Fsp3) is 0.333. The van der Waals surface area contributed by atoms with Crippen molar-refractivity contribution in [3.63, 3.8) is 0 Å². The van der Waals surface area contributed by atoms with Gasteiger partial charge in [-0.15, -0.1) is 0 Å². The molecule has 0 heterocycles. The maximum Gasteiger partial charge on any atom is 0.242 e. The molecule has 4 nitrogen and oxygen atoms in total. The van der Waals surface area contributed by atoms with Crippen molar-refractivity contribution in [2.24, 2.45) is 0 Å². The molecule has 0 fully saturated rings. The largest absolute Gasteiger partial charge is 0.352 e. The van der Waals surface area contributed by atoms with E-state index in [1.807, 2.05) is 50.2 Å². The zero-order valence-corrected chi connectivity index (χ0v) is 19.0. The van der Waals surface area contributed by atoms with Crippen molar-refractivity contribution in [3.05, 3.63) is 83.7 Å². The summed E-state index contributed by atoms with van der Waals surface area (Å²) in [6.07, 6.45) is 1.58. The Morgan fingerprint density at radius 2 is 1.59 bits per heavy atom. The third kappa shape index (κ3) is 5.72. The molecule has 0 aliphatic heterocycles. The molecule has 0 aliphatic rings. The van der Waals surface area contributed by atoms with Gasteiger partial charge in [0.1, 0.15) is 11.9 Å². The Hall–Kier alpha value is -3.21. The minimum atomic E-state index is -0.705. The number of hydrogen-bond donors (Lipinski definition) is 1. The van der Waals surface area contributed by atoms with Crippen LogP contribution >= 0.6 is 0 Å². The summed E-state index contributed by atoms with van der Waals surface area (Å²) in [5.74, 6) is -0.781.